The number of ether oxygens (including phenoxy) is 5. The van der Waals surface area contributed by atoms with Gasteiger partial charge in [-0.05, 0) is 80.4 Å². The number of ketones is 1. The third kappa shape index (κ3) is 9.38. The Kier molecular flexibility index (Phi) is 11.1. The van der Waals surface area contributed by atoms with Crippen LogP contribution in [0.3, 0.4) is 0 Å². The van der Waals surface area contributed by atoms with E-state index >= 15 is 0 Å². The Morgan fingerprint density at radius 1 is 0.591 bits per heavy atom. The molecule has 3 aromatic carbocycles. The molecule has 0 aromatic heterocycles. The molecule has 44 heavy (non-hydrogen) atoms. The Morgan fingerprint density at radius 2 is 1.14 bits per heavy atom. The molecule has 0 spiro atoms. The van der Waals surface area contributed by atoms with Crippen molar-refractivity contribution in [2.75, 3.05) is 6.61 Å². The Hall–Kier alpha value is -5.77. The maximum atomic E-state index is 12.8. The molecule has 0 aliphatic rings. The van der Waals surface area contributed by atoms with Gasteiger partial charge in [0.2, 0.25) is 0 Å². The van der Waals surface area contributed by atoms with Crippen LogP contribution in [-0.4, -0.2) is 36.3 Å². The summed E-state index contributed by atoms with van der Waals surface area (Å²) in [5.74, 6) is -3.01. The Bertz CT molecular complexity index is 1630. The van der Waals surface area contributed by atoms with E-state index in [0.29, 0.717) is 16.9 Å². The fourth-order valence-electron chi connectivity index (χ4n) is 3.20. The third-order valence-electron chi connectivity index (χ3n) is 5.72. The van der Waals surface area contributed by atoms with Gasteiger partial charge >= 0.3 is 23.9 Å². The maximum absolute atomic E-state index is 12.8. The number of Topliss-reactive ketones (excluding diaryl/α,β-unsaturated/α-hetero) is 1. The summed E-state index contributed by atoms with van der Waals surface area (Å²) in [6.07, 6.45) is 0. The van der Waals surface area contributed by atoms with E-state index in [2.05, 4.69) is 19.7 Å². The Balaban J connectivity index is 1.72. The number of hydrogen-bond donors (Lipinski definition) is 0. The lowest BCUT2D eigenvalue weighted by molar-refractivity contribution is -0.140. The van der Waals surface area contributed by atoms with Crippen molar-refractivity contribution < 1.29 is 47.7 Å². The molecule has 3 rings (SSSR count). The number of carbonyl (C=O) groups is 5. The molecule has 0 saturated heterocycles. The molecule has 0 amide bonds. The van der Waals surface area contributed by atoms with Crippen LogP contribution < -0.4 is 18.9 Å². The molecule has 3 aromatic rings. The first-order chi connectivity index (χ1) is 20.8. The van der Waals surface area contributed by atoms with Gasteiger partial charge in [0.15, 0.2) is 23.9 Å². The maximum Gasteiger partial charge on any atom is 0.343 e. The van der Waals surface area contributed by atoms with Crippen molar-refractivity contribution in [3.8, 4) is 23.0 Å². The van der Waals surface area contributed by atoms with Gasteiger partial charge in [0.25, 0.3) is 0 Å². The molecule has 0 saturated carbocycles. The van der Waals surface area contributed by atoms with Crippen molar-refractivity contribution >= 4 is 29.7 Å². The van der Waals surface area contributed by atoms with Crippen LogP contribution in [-0.2, 0) is 25.7 Å². The summed E-state index contributed by atoms with van der Waals surface area (Å²) in [4.78, 5) is 61.1. The molecule has 0 N–H and O–H groups in total. The smallest absolute Gasteiger partial charge is 0.343 e. The third-order valence-corrected chi connectivity index (χ3v) is 5.72. The van der Waals surface area contributed by atoms with Crippen LogP contribution in [0.4, 0.5) is 0 Å². The predicted molar refractivity (Wildman–Crippen MR) is 160 cm³/mol. The van der Waals surface area contributed by atoms with Crippen molar-refractivity contribution in [1.29, 1.82) is 0 Å². The molecule has 0 atom stereocenters. The van der Waals surface area contributed by atoms with Gasteiger partial charge in [0, 0.05) is 17.2 Å². The predicted octanol–water partition coefficient (Wildman–Crippen LogP) is 5.75. The van der Waals surface area contributed by atoms with Gasteiger partial charge in [-0.1, -0.05) is 31.9 Å². The Labute approximate surface area is 254 Å². The standard InChI is InChI=1S/C34H30O10/c1-20(2)28(35)19-40-26-13-11-25(12-14-26)34(39)43-29-16-15-27(17-30(29)44-32(37)22(5)6)42-33(38)24-9-7-23(8-10-24)18-41-31(36)21(3)4/h7-17H,1,3,5,18-19H2,2,4,6H3. The van der Waals surface area contributed by atoms with Crippen molar-refractivity contribution in [3.05, 3.63) is 120 Å². The second kappa shape index (κ2) is 14.9. The molecule has 0 aliphatic heterocycles. The highest BCUT2D eigenvalue weighted by molar-refractivity contribution is 5.95. The number of rotatable bonds is 13. The zero-order valence-electron chi connectivity index (χ0n) is 24.5. The summed E-state index contributed by atoms with van der Waals surface area (Å²) in [7, 11) is 0. The van der Waals surface area contributed by atoms with Crippen molar-refractivity contribution in [2.45, 2.75) is 27.4 Å². The SMILES string of the molecule is C=C(C)C(=O)COc1ccc(C(=O)Oc2ccc(OC(=O)c3ccc(COC(=O)C(=C)C)cc3)cc2OC(=O)C(=C)C)cc1. The highest BCUT2D eigenvalue weighted by Gasteiger charge is 2.19. The summed E-state index contributed by atoms with van der Waals surface area (Å²) in [6.45, 7) is 15.0. The molecule has 0 heterocycles. The quantitative estimate of drug-likeness (QED) is 0.136. The van der Waals surface area contributed by atoms with Crippen LogP contribution in [0.15, 0.2) is 103 Å². The molecular weight excluding hydrogens is 568 g/mol. The van der Waals surface area contributed by atoms with Crippen molar-refractivity contribution in [2.24, 2.45) is 0 Å². The van der Waals surface area contributed by atoms with Crippen LogP contribution in [0.5, 0.6) is 23.0 Å². The molecular formula is C34H30O10. The number of hydrogen-bond acceptors (Lipinski definition) is 10. The van der Waals surface area contributed by atoms with Gasteiger partial charge in [-0.3, -0.25) is 4.79 Å². The zero-order chi connectivity index (χ0) is 32.4. The van der Waals surface area contributed by atoms with E-state index in [4.69, 9.17) is 23.7 Å². The molecule has 0 bridgehead atoms. The number of esters is 4. The van der Waals surface area contributed by atoms with Crippen LogP contribution in [0, 0.1) is 0 Å². The monoisotopic (exact) mass is 598 g/mol. The summed E-state index contributed by atoms with van der Waals surface area (Å²) < 4.78 is 26.7. The molecule has 10 nitrogen and oxygen atoms in total. The second-order valence-corrected chi connectivity index (χ2v) is 9.63. The van der Waals surface area contributed by atoms with E-state index in [1.807, 2.05) is 0 Å². The average molecular weight is 599 g/mol. The van der Waals surface area contributed by atoms with Gasteiger partial charge in [-0.15, -0.1) is 0 Å². The normalized spacial score (nSPS) is 10.2. The zero-order valence-corrected chi connectivity index (χ0v) is 24.5. The second-order valence-electron chi connectivity index (χ2n) is 9.63. The van der Waals surface area contributed by atoms with E-state index in [-0.39, 0.29) is 58.5 Å². The van der Waals surface area contributed by atoms with E-state index in [1.165, 1.54) is 68.4 Å². The number of carbonyl (C=O) groups excluding carboxylic acids is 5. The lowest BCUT2D eigenvalue weighted by Gasteiger charge is -2.13. The van der Waals surface area contributed by atoms with Gasteiger partial charge in [0.1, 0.15) is 18.1 Å². The fraction of sp³-hybridized carbons (Fsp3) is 0.147. The summed E-state index contributed by atoms with van der Waals surface area (Å²) in [6, 6.07) is 16.0. The van der Waals surface area contributed by atoms with E-state index in [1.54, 1.807) is 19.1 Å². The summed E-state index contributed by atoms with van der Waals surface area (Å²) >= 11 is 0. The molecule has 0 fully saturated rings. The minimum Gasteiger partial charge on any atom is -0.485 e. The van der Waals surface area contributed by atoms with E-state index in [9.17, 15) is 24.0 Å². The van der Waals surface area contributed by atoms with E-state index in [0.717, 1.165) is 0 Å². The van der Waals surface area contributed by atoms with Crippen LogP contribution in [0.25, 0.3) is 0 Å². The molecule has 0 radical (unpaired) electrons. The van der Waals surface area contributed by atoms with Crippen molar-refractivity contribution in [1.82, 2.24) is 0 Å². The molecule has 226 valence electrons. The van der Waals surface area contributed by atoms with Gasteiger partial charge in [-0.2, -0.15) is 0 Å². The van der Waals surface area contributed by atoms with Gasteiger partial charge in [0.05, 0.1) is 11.1 Å². The molecule has 10 heteroatoms. The average Bonchev–Trinajstić information content (AvgIpc) is 3.00. The summed E-state index contributed by atoms with van der Waals surface area (Å²) in [5, 5.41) is 0. The minimum atomic E-state index is -0.792. The fourth-order valence-corrected chi connectivity index (χ4v) is 3.20. The first kappa shape index (κ1) is 32.7. The van der Waals surface area contributed by atoms with Gasteiger partial charge in [-0.25, -0.2) is 19.2 Å². The topological polar surface area (TPSA) is 132 Å². The van der Waals surface area contributed by atoms with Gasteiger partial charge < -0.3 is 23.7 Å². The highest BCUT2D eigenvalue weighted by Crippen LogP contribution is 2.33. The number of benzene rings is 3. The lowest BCUT2D eigenvalue weighted by Crippen LogP contribution is -2.14. The largest absolute Gasteiger partial charge is 0.485 e. The van der Waals surface area contributed by atoms with Crippen LogP contribution in [0.2, 0.25) is 0 Å². The summed E-state index contributed by atoms with van der Waals surface area (Å²) in [5.41, 5.74) is 1.72. The van der Waals surface area contributed by atoms with E-state index < -0.39 is 23.9 Å². The Morgan fingerprint density at radius 3 is 1.70 bits per heavy atom. The first-order valence-corrected chi connectivity index (χ1v) is 13.1. The highest BCUT2D eigenvalue weighted by atomic mass is 16.6. The lowest BCUT2D eigenvalue weighted by atomic mass is 10.1. The van der Waals surface area contributed by atoms with Crippen LogP contribution in [0.1, 0.15) is 47.1 Å². The van der Waals surface area contributed by atoms with Crippen LogP contribution >= 0.6 is 0 Å². The first-order valence-electron chi connectivity index (χ1n) is 13.1. The molecule has 0 unspecified atom stereocenters. The molecule has 0 aliphatic carbocycles. The van der Waals surface area contributed by atoms with Crippen molar-refractivity contribution in [3.63, 3.8) is 0 Å². The minimum absolute atomic E-state index is 0.00425.